The molecule has 0 radical (unpaired) electrons. The van der Waals surface area contributed by atoms with E-state index in [0.29, 0.717) is 12.4 Å². The Morgan fingerprint density at radius 3 is 2.46 bits per heavy atom. The lowest BCUT2D eigenvalue weighted by atomic mass is 9.95. The molecule has 0 atom stereocenters. The number of halogens is 1. The van der Waals surface area contributed by atoms with Crippen LogP contribution < -0.4 is 15.9 Å². The van der Waals surface area contributed by atoms with Crippen molar-refractivity contribution in [3.63, 3.8) is 0 Å². The van der Waals surface area contributed by atoms with E-state index in [2.05, 4.69) is 5.43 Å². The number of hydrogen-bond acceptors (Lipinski definition) is 3. The van der Waals surface area contributed by atoms with Gasteiger partial charge in [0.15, 0.2) is 0 Å². The van der Waals surface area contributed by atoms with Gasteiger partial charge < -0.3 is 10.5 Å². The fourth-order valence-corrected chi connectivity index (χ4v) is 3.60. The molecule has 0 spiro atoms. The molecule has 3 N–H and O–H groups in total. The van der Waals surface area contributed by atoms with Crippen LogP contribution in [0.15, 0.2) is 48.5 Å². The minimum atomic E-state index is -0.667. The summed E-state index contributed by atoms with van der Waals surface area (Å²) in [6.45, 7) is 0.403. The molecule has 3 amide bonds. The van der Waals surface area contributed by atoms with Crippen LogP contribution in [0.1, 0.15) is 48.0 Å². The highest BCUT2D eigenvalue weighted by Gasteiger charge is 2.26. The largest absolute Gasteiger partial charge is 0.489 e. The third-order valence-corrected chi connectivity index (χ3v) is 5.15. The van der Waals surface area contributed by atoms with Crippen molar-refractivity contribution >= 4 is 23.5 Å². The standard InChI is InChI=1S/C21H24ClN3O3/c22-19-13-17(28-14-15-7-3-1-4-8-15)11-12-18(19)20(26)24-25(21(23)27)16-9-5-2-6-10-16/h1,3-4,7-8,11-13,16H,2,5-6,9-10,14H2,(H2,23,27)(H,24,26). The van der Waals surface area contributed by atoms with Gasteiger partial charge in [-0.15, -0.1) is 0 Å². The average molecular weight is 402 g/mol. The fraction of sp³-hybridized carbons (Fsp3) is 0.333. The zero-order valence-electron chi connectivity index (χ0n) is 15.6. The zero-order chi connectivity index (χ0) is 19.9. The van der Waals surface area contributed by atoms with E-state index in [-0.39, 0.29) is 16.6 Å². The number of nitrogens with one attached hydrogen (secondary N) is 1. The van der Waals surface area contributed by atoms with Crippen LogP contribution in [0.5, 0.6) is 5.75 Å². The number of hydrogen-bond donors (Lipinski definition) is 2. The van der Waals surface area contributed by atoms with E-state index >= 15 is 0 Å². The highest BCUT2D eigenvalue weighted by molar-refractivity contribution is 6.34. The third kappa shape index (κ3) is 5.16. The highest BCUT2D eigenvalue weighted by atomic mass is 35.5. The zero-order valence-corrected chi connectivity index (χ0v) is 16.3. The molecule has 1 aliphatic carbocycles. The number of nitrogens with zero attached hydrogens (tertiary/aromatic N) is 1. The number of rotatable bonds is 5. The summed E-state index contributed by atoms with van der Waals surface area (Å²) in [5.74, 6) is 0.0911. The van der Waals surface area contributed by atoms with Gasteiger partial charge >= 0.3 is 6.03 Å². The van der Waals surface area contributed by atoms with Crippen LogP contribution in [-0.2, 0) is 6.61 Å². The van der Waals surface area contributed by atoms with Gasteiger partial charge in [0.2, 0.25) is 0 Å². The Bertz CT molecular complexity index is 823. The number of carbonyl (C=O) groups is 2. The molecule has 3 rings (SSSR count). The molecule has 0 bridgehead atoms. The number of ether oxygens (including phenoxy) is 1. The molecule has 0 unspecified atom stereocenters. The number of benzene rings is 2. The Hall–Kier alpha value is -2.73. The van der Waals surface area contributed by atoms with Crippen LogP contribution in [0.2, 0.25) is 5.02 Å². The summed E-state index contributed by atoms with van der Waals surface area (Å²) in [4.78, 5) is 24.4. The molecule has 0 aromatic heterocycles. The first-order valence-electron chi connectivity index (χ1n) is 9.40. The van der Waals surface area contributed by atoms with Crippen LogP contribution in [0.4, 0.5) is 4.79 Å². The van der Waals surface area contributed by atoms with Gasteiger partial charge in [0.05, 0.1) is 16.6 Å². The van der Waals surface area contributed by atoms with Gasteiger partial charge in [0, 0.05) is 0 Å². The van der Waals surface area contributed by atoms with Gasteiger partial charge in [0.25, 0.3) is 5.91 Å². The Kier molecular flexibility index (Phi) is 6.76. The maximum atomic E-state index is 12.6. The minimum absolute atomic E-state index is 0.0811. The van der Waals surface area contributed by atoms with Gasteiger partial charge in [-0.05, 0) is 36.6 Å². The first kappa shape index (κ1) is 20.0. The van der Waals surface area contributed by atoms with Crippen LogP contribution in [0, 0.1) is 0 Å². The van der Waals surface area contributed by atoms with Gasteiger partial charge in [0.1, 0.15) is 12.4 Å². The molecule has 28 heavy (non-hydrogen) atoms. The van der Waals surface area contributed by atoms with Gasteiger partial charge in [-0.2, -0.15) is 0 Å². The first-order chi connectivity index (χ1) is 13.5. The van der Waals surface area contributed by atoms with E-state index in [0.717, 1.165) is 37.7 Å². The Labute approximate surface area is 169 Å². The van der Waals surface area contributed by atoms with E-state index < -0.39 is 11.9 Å². The number of primary amides is 1. The third-order valence-electron chi connectivity index (χ3n) is 4.83. The maximum Gasteiger partial charge on any atom is 0.333 e. The number of urea groups is 1. The van der Waals surface area contributed by atoms with E-state index in [1.54, 1.807) is 18.2 Å². The summed E-state index contributed by atoms with van der Waals surface area (Å²) in [5, 5.41) is 1.48. The van der Waals surface area contributed by atoms with Crippen molar-refractivity contribution in [2.24, 2.45) is 5.73 Å². The van der Waals surface area contributed by atoms with Crippen molar-refractivity contribution in [3.8, 4) is 5.75 Å². The molecule has 0 heterocycles. The number of hydrazine groups is 1. The molecule has 7 heteroatoms. The lowest BCUT2D eigenvalue weighted by Crippen LogP contribution is -2.54. The van der Waals surface area contributed by atoms with Crippen molar-refractivity contribution in [1.29, 1.82) is 0 Å². The normalized spacial score (nSPS) is 14.3. The topological polar surface area (TPSA) is 84.7 Å². The lowest BCUT2D eigenvalue weighted by Gasteiger charge is -2.32. The van der Waals surface area contributed by atoms with Crippen molar-refractivity contribution < 1.29 is 14.3 Å². The molecule has 1 fully saturated rings. The van der Waals surface area contributed by atoms with Crippen molar-refractivity contribution in [2.75, 3.05) is 0 Å². The van der Waals surface area contributed by atoms with E-state index in [1.165, 1.54) is 5.01 Å². The highest BCUT2D eigenvalue weighted by Crippen LogP contribution is 2.25. The number of carbonyl (C=O) groups excluding carboxylic acids is 2. The quantitative estimate of drug-likeness (QED) is 0.733. The second-order valence-corrected chi connectivity index (χ2v) is 7.26. The molecule has 0 saturated heterocycles. The molecule has 148 valence electrons. The van der Waals surface area contributed by atoms with Crippen LogP contribution in [0.3, 0.4) is 0 Å². The van der Waals surface area contributed by atoms with E-state index in [4.69, 9.17) is 22.1 Å². The molecular weight excluding hydrogens is 378 g/mol. The summed E-state index contributed by atoms with van der Waals surface area (Å²) >= 11 is 6.28. The lowest BCUT2D eigenvalue weighted by molar-refractivity contribution is 0.0732. The predicted molar refractivity (Wildman–Crippen MR) is 108 cm³/mol. The molecule has 1 saturated carbocycles. The molecule has 1 aliphatic rings. The molecule has 6 nitrogen and oxygen atoms in total. The average Bonchev–Trinajstić information content (AvgIpc) is 2.71. The Balaban J connectivity index is 1.65. The second-order valence-electron chi connectivity index (χ2n) is 6.86. The van der Waals surface area contributed by atoms with E-state index in [9.17, 15) is 9.59 Å². The monoisotopic (exact) mass is 401 g/mol. The van der Waals surface area contributed by atoms with E-state index in [1.807, 2.05) is 30.3 Å². The Morgan fingerprint density at radius 1 is 1.11 bits per heavy atom. The summed E-state index contributed by atoms with van der Waals surface area (Å²) in [7, 11) is 0. The summed E-state index contributed by atoms with van der Waals surface area (Å²) in [6.07, 6.45) is 4.80. The maximum absolute atomic E-state index is 12.6. The van der Waals surface area contributed by atoms with Crippen LogP contribution in [0.25, 0.3) is 0 Å². The van der Waals surface area contributed by atoms with Crippen LogP contribution >= 0.6 is 11.6 Å². The fourth-order valence-electron chi connectivity index (χ4n) is 3.35. The van der Waals surface area contributed by atoms with Gasteiger partial charge in [-0.25, -0.2) is 9.80 Å². The van der Waals surface area contributed by atoms with Crippen molar-refractivity contribution in [2.45, 2.75) is 44.8 Å². The smallest absolute Gasteiger partial charge is 0.333 e. The summed E-state index contributed by atoms with van der Waals surface area (Å²) < 4.78 is 5.72. The molecule has 2 aromatic carbocycles. The predicted octanol–water partition coefficient (Wildman–Crippen LogP) is 4.28. The number of amides is 3. The molecule has 0 aliphatic heterocycles. The summed E-state index contributed by atoms with van der Waals surface area (Å²) in [5.41, 5.74) is 9.38. The minimum Gasteiger partial charge on any atom is -0.489 e. The molecular formula is C21H24ClN3O3. The van der Waals surface area contributed by atoms with Crippen LogP contribution in [-0.4, -0.2) is 23.0 Å². The first-order valence-corrected chi connectivity index (χ1v) is 9.78. The van der Waals surface area contributed by atoms with Crippen molar-refractivity contribution in [1.82, 2.24) is 10.4 Å². The number of nitrogens with two attached hydrogens (primary N) is 1. The van der Waals surface area contributed by atoms with Crippen molar-refractivity contribution in [3.05, 3.63) is 64.7 Å². The Morgan fingerprint density at radius 2 is 1.82 bits per heavy atom. The summed E-state index contributed by atoms with van der Waals surface area (Å²) in [6, 6.07) is 13.9. The second kappa shape index (κ2) is 9.46. The van der Waals surface area contributed by atoms with Gasteiger partial charge in [-0.3, -0.25) is 10.2 Å². The van der Waals surface area contributed by atoms with Gasteiger partial charge in [-0.1, -0.05) is 61.2 Å². The molecule has 2 aromatic rings. The SMILES string of the molecule is NC(=O)N(NC(=O)c1ccc(OCc2ccccc2)cc1Cl)C1CCCCC1.